The lowest BCUT2D eigenvalue weighted by atomic mass is 10.0. The molecule has 0 spiro atoms. The van der Waals surface area contributed by atoms with E-state index >= 15 is 4.39 Å². The first-order chi connectivity index (χ1) is 25.2. The van der Waals surface area contributed by atoms with Gasteiger partial charge in [-0.1, -0.05) is 29.8 Å². The van der Waals surface area contributed by atoms with Crippen LogP contribution in [0.1, 0.15) is 51.5 Å². The number of nitrogens with zero attached hydrogens (tertiary/aromatic N) is 5. The number of carbonyl (C=O) groups excluding carboxylic acids is 1. The van der Waals surface area contributed by atoms with E-state index in [9.17, 15) is 9.18 Å². The molecule has 13 heteroatoms. The van der Waals surface area contributed by atoms with E-state index in [2.05, 4.69) is 36.0 Å². The molecular formula is C39H36ClF2N7O3. The van der Waals surface area contributed by atoms with E-state index in [0.29, 0.717) is 58.4 Å². The monoisotopic (exact) mass is 723 g/mol. The van der Waals surface area contributed by atoms with Crippen molar-refractivity contribution in [3.8, 4) is 5.88 Å². The Morgan fingerprint density at radius 3 is 2.75 bits per heavy atom. The fraction of sp³-hybridized carbons (Fsp3) is 0.282. The van der Waals surface area contributed by atoms with Gasteiger partial charge in [-0.15, -0.1) is 0 Å². The summed E-state index contributed by atoms with van der Waals surface area (Å²) in [6.07, 6.45) is 4.06. The summed E-state index contributed by atoms with van der Waals surface area (Å²) in [5.74, 6) is -0.230. The summed E-state index contributed by atoms with van der Waals surface area (Å²) < 4.78 is 43.5. The van der Waals surface area contributed by atoms with Crippen LogP contribution in [0.15, 0.2) is 66.7 Å². The Kier molecular flexibility index (Phi) is 9.20. The zero-order chi connectivity index (χ0) is 35.9. The van der Waals surface area contributed by atoms with Crippen LogP contribution in [0.25, 0.3) is 27.5 Å². The number of ether oxygens (including phenoxy) is 2. The number of halogens is 3. The molecule has 0 radical (unpaired) electrons. The van der Waals surface area contributed by atoms with Crippen LogP contribution in [-0.4, -0.2) is 61.3 Å². The highest BCUT2D eigenvalue weighted by Gasteiger charge is 2.25. The number of aromatic amines is 1. The zero-order valence-corrected chi connectivity index (χ0v) is 29.4. The molecule has 6 aromatic rings. The molecule has 3 aromatic carbocycles. The van der Waals surface area contributed by atoms with E-state index in [1.54, 1.807) is 31.2 Å². The predicted octanol–water partition coefficient (Wildman–Crippen LogP) is 7.77. The molecule has 2 aliphatic rings. The minimum atomic E-state index is -0.598. The maximum atomic E-state index is 15.5. The van der Waals surface area contributed by atoms with Crippen LogP contribution >= 0.6 is 11.6 Å². The fourth-order valence-corrected chi connectivity index (χ4v) is 6.96. The van der Waals surface area contributed by atoms with Crippen LogP contribution in [0.4, 0.5) is 14.5 Å². The van der Waals surface area contributed by atoms with Gasteiger partial charge >= 0.3 is 0 Å². The standard InChI is InChI=1S/C39H36ClF2N7O3/c1-22-16-29(37(42)36-23(2)46-47-38(22)36)39(50)43-27-8-9-33-32(18-27)44-34(49(33)19-28-12-15-51-28)20-48-13-10-24(11-14-48)31-4-3-5-35(45-31)52-21-25-6-7-26(40)17-30(25)41/h3-10,16-18,28H,11-15,19-21H2,1-2H3,(H,43,50)(H,46,47)/t28-/m0/s1. The third-order valence-electron chi connectivity index (χ3n) is 9.77. The summed E-state index contributed by atoms with van der Waals surface area (Å²) in [5, 5.41) is 10.5. The molecule has 2 N–H and O–H groups in total. The first-order valence-electron chi connectivity index (χ1n) is 17.2. The van der Waals surface area contributed by atoms with E-state index in [0.717, 1.165) is 59.7 Å². The van der Waals surface area contributed by atoms with Crippen LogP contribution in [0.5, 0.6) is 5.88 Å². The van der Waals surface area contributed by atoms with E-state index in [1.165, 1.54) is 6.07 Å². The van der Waals surface area contributed by atoms with Crippen molar-refractivity contribution in [1.29, 1.82) is 0 Å². The van der Waals surface area contributed by atoms with Gasteiger partial charge < -0.3 is 19.4 Å². The fourth-order valence-electron chi connectivity index (χ4n) is 6.80. The molecule has 1 saturated heterocycles. The van der Waals surface area contributed by atoms with Gasteiger partial charge in [-0.3, -0.25) is 14.8 Å². The molecule has 52 heavy (non-hydrogen) atoms. The molecule has 8 rings (SSSR count). The second-order valence-corrected chi connectivity index (χ2v) is 13.7. The Morgan fingerprint density at radius 1 is 1.12 bits per heavy atom. The molecule has 1 atom stereocenters. The highest BCUT2D eigenvalue weighted by Crippen LogP contribution is 2.29. The highest BCUT2D eigenvalue weighted by molar-refractivity contribution is 6.30. The Bertz CT molecular complexity index is 2370. The number of aryl methyl sites for hydroxylation is 2. The third-order valence-corrected chi connectivity index (χ3v) is 10.0. The number of amides is 1. The number of aromatic nitrogens is 5. The molecule has 0 saturated carbocycles. The van der Waals surface area contributed by atoms with Crippen molar-refractivity contribution < 1.29 is 23.0 Å². The lowest BCUT2D eigenvalue weighted by molar-refractivity contribution is -0.0591. The number of anilines is 1. The lowest BCUT2D eigenvalue weighted by Crippen LogP contribution is -2.33. The van der Waals surface area contributed by atoms with E-state index < -0.39 is 17.5 Å². The second-order valence-electron chi connectivity index (χ2n) is 13.3. The average Bonchev–Trinajstić information content (AvgIpc) is 3.67. The normalized spacial score (nSPS) is 16.2. The van der Waals surface area contributed by atoms with Crippen molar-refractivity contribution in [2.24, 2.45) is 0 Å². The zero-order valence-electron chi connectivity index (χ0n) is 28.7. The minimum absolute atomic E-state index is 0.0387. The topological polar surface area (TPSA) is 110 Å². The Morgan fingerprint density at radius 2 is 1.98 bits per heavy atom. The van der Waals surface area contributed by atoms with Crippen LogP contribution in [0.3, 0.4) is 0 Å². The largest absolute Gasteiger partial charge is 0.473 e. The van der Waals surface area contributed by atoms with Crippen molar-refractivity contribution in [2.75, 3.05) is 25.0 Å². The van der Waals surface area contributed by atoms with Gasteiger partial charge in [-0.25, -0.2) is 18.7 Å². The van der Waals surface area contributed by atoms with Gasteiger partial charge in [0.1, 0.15) is 24.1 Å². The summed E-state index contributed by atoms with van der Waals surface area (Å²) in [6, 6.07) is 17.3. The molecule has 0 bridgehead atoms. The lowest BCUT2D eigenvalue weighted by Gasteiger charge is -2.29. The molecule has 1 fully saturated rings. The maximum Gasteiger partial charge on any atom is 0.258 e. The number of H-pyrrole nitrogens is 1. The highest BCUT2D eigenvalue weighted by atomic mass is 35.5. The van der Waals surface area contributed by atoms with Gasteiger partial charge in [0.05, 0.1) is 58.1 Å². The summed E-state index contributed by atoms with van der Waals surface area (Å²) in [5.41, 5.74) is 6.33. The number of nitrogens with one attached hydrogen (secondary N) is 2. The van der Waals surface area contributed by atoms with Crippen LogP contribution in [0, 0.1) is 25.5 Å². The number of carbonyl (C=O) groups is 1. The molecule has 0 unspecified atom stereocenters. The Labute approximate surface area is 303 Å². The number of imidazole rings is 1. The van der Waals surface area contributed by atoms with Gasteiger partial charge in [0.25, 0.3) is 5.91 Å². The van der Waals surface area contributed by atoms with Gasteiger partial charge in [-0.05, 0) is 80.3 Å². The summed E-state index contributed by atoms with van der Waals surface area (Å²) in [4.78, 5) is 25.4. The molecule has 10 nitrogen and oxygen atoms in total. The number of pyridine rings is 1. The first-order valence-corrected chi connectivity index (χ1v) is 17.6. The molecule has 1 amide bonds. The van der Waals surface area contributed by atoms with Crippen molar-refractivity contribution >= 4 is 50.7 Å². The summed E-state index contributed by atoms with van der Waals surface area (Å²) in [7, 11) is 0. The van der Waals surface area contributed by atoms with E-state index in [1.807, 2.05) is 37.3 Å². The van der Waals surface area contributed by atoms with Crippen LogP contribution in [-0.2, 0) is 24.4 Å². The molecule has 2 aliphatic heterocycles. The van der Waals surface area contributed by atoms with Gasteiger partial charge in [-0.2, -0.15) is 5.10 Å². The van der Waals surface area contributed by atoms with Crippen LogP contribution in [0.2, 0.25) is 5.02 Å². The third kappa shape index (κ3) is 6.76. The molecule has 5 heterocycles. The number of hydrogen-bond donors (Lipinski definition) is 2. The maximum absolute atomic E-state index is 15.5. The summed E-state index contributed by atoms with van der Waals surface area (Å²) >= 11 is 5.87. The van der Waals surface area contributed by atoms with Crippen LogP contribution < -0.4 is 10.1 Å². The number of benzene rings is 3. The number of rotatable bonds is 10. The second kappa shape index (κ2) is 14.1. The number of fused-ring (bicyclic) bond motifs is 2. The van der Waals surface area contributed by atoms with Gasteiger partial charge in [0.15, 0.2) is 0 Å². The summed E-state index contributed by atoms with van der Waals surface area (Å²) in [6.45, 7) is 7.12. The Balaban J connectivity index is 0.977. The smallest absolute Gasteiger partial charge is 0.258 e. The quantitative estimate of drug-likeness (QED) is 0.149. The van der Waals surface area contributed by atoms with Gasteiger partial charge in [0.2, 0.25) is 5.88 Å². The van der Waals surface area contributed by atoms with E-state index in [4.69, 9.17) is 26.1 Å². The minimum Gasteiger partial charge on any atom is -0.473 e. The van der Waals surface area contributed by atoms with E-state index in [-0.39, 0.29) is 18.3 Å². The first kappa shape index (κ1) is 33.9. The Hall–Kier alpha value is -5.17. The molecule has 3 aromatic heterocycles. The average molecular weight is 724 g/mol. The van der Waals surface area contributed by atoms with Crippen molar-refractivity contribution in [1.82, 2.24) is 29.6 Å². The van der Waals surface area contributed by atoms with Crippen molar-refractivity contribution in [3.63, 3.8) is 0 Å². The molecule has 0 aliphatic carbocycles. The molecular weight excluding hydrogens is 688 g/mol. The molecule has 266 valence electrons. The van der Waals surface area contributed by atoms with Gasteiger partial charge in [0, 0.05) is 42.0 Å². The van der Waals surface area contributed by atoms with Crippen molar-refractivity contribution in [2.45, 2.75) is 52.5 Å². The predicted molar refractivity (Wildman–Crippen MR) is 195 cm³/mol. The SMILES string of the molecule is Cc1cc(C(=O)Nc2ccc3c(c2)nc(CN2CC=C(c4cccc(OCc5ccc(Cl)cc5F)n4)CC2)n3C[C@@H]2CCO2)c(F)c2c(C)n[nH]c12. The number of hydrogen-bond acceptors (Lipinski definition) is 7. The van der Waals surface area contributed by atoms with Crippen molar-refractivity contribution in [3.05, 3.63) is 117 Å².